The lowest BCUT2D eigenvalue weighted by Crippen LogP contribution is -2.63. The van der Waals surface area contributed by atoms with Crippen LogP contribution in [0.25, 0.3) is 0 Å². The molecular weight excluding hydrogens is 428 g/mol. The molecule has 4 rings (SSSR count). The molecule has 1 aromatic rings. The van der Waals surface area contributed by atoms with Gasteiger partial charge in [0.05, 0.1) is 0 Å². The second kappa shape index (κ2) is 8.03. The number of amides is 3. The molecule has 3 amide bonds. The van der Waals surface area contributed by atoms with Crippen molar-refractivity contribution in [3.05, 3.63) is 26.4 Å². The van der Waals surface area contributed by atoms with E-state index in [0.29, 0.717) is 44.9 Å². The van der Waals surface area contributed by atoms with Gasteiger partial charge in [-0.25, -0.2) is 9.59 Å². The number of rotatable bonds is 6. The lowest BCUT2D eigenvalue weighted by atomic mass is 9.51. The fourth-order valence-corrected chi connectivity index (χ4v) is 5.99. The maximum absolute atomic E-state index is 13.2. The van der Waals surface area contributed by atoms with Crippen LogP contribution < -0.4 is 22.3 Å². The van der Waals surface area contributed by atoms with E-state index >= 15 is 0 Å². The molecule has 0 unspecified atom stereocenters. The number of likely N-dealkylation sites (N-methyl/N-ethyl adjacent to an activating group) is 1. The van der Waals surface area contributed by atoms with Crippen molar-refractivity contribution in [2.75, 3.05) is 7.05 Å². The molecule has 1 saturated heterocycles. The quantitative estimate of drug-likeness (QED) is 0.214. The molecule has 1 aromatic heterocycles. The molecule has 2 saturated carbocycles. The summed E-state index contributed by atoms with van der Waals surface area (Å²) in [7, 11) is 1.48. The summed E-state index contributed by atoms with van der Waals surface area (Å²) in [6.07, 6.45) is 6.11. The predicted molar refractivity (Wildman–Crippen MR) is 120 cm³/mol. The smallest absolute Gasteiger partial charge is 0.334 e. The molecule has 33 heavy (non-hydrogen) atoms. The monoisotopic (exact) mass is 460 g/mol. The molecule has 0 aromatic carbocycles. The zero-order valence-electron chi connectivity index (χ0n) is 19.1. The standard InChI is InChI=1S/C22H32N6O5/c1-3-4-5-10-27-16(29)14(15(23)24)17(30)28(20(27)33)13-6-8-21(9-7-13)11-22(12-21)18(31)26(2)19(32)25-22/h13,29H,3-12H2,1-2H3,(H3,23,24)(H,25,32). The Morgan fingerprint density at radius 2 is 1.82 bits per heavy atom. The summed E-state index contributed by atoms with van der Waals surface area (Å²) in [5.74, 6) is -1.31. The van der Waals surface area contributed by atoms with Crippen molar-refractivity contribution in [2.45, 2.75) is 82.8 Å². The van der Waals surface area contributed by atoms with E-state index in [4.69, 9.17) is 11.1 Å². The second-order valence-electron chi connectivity index (χ2n) is 9.89. The number of nitrogens with one attached hydrogen (secondary N) is 2. The zero-order chi connectivity index (χ0) is 24.1. The fraction of sp³-hybridized carbons (Fsp3) is 0.682. The average molecular weight is 461 g/mol. The molecule has 5 N–H and O–H groups in total. The molecule has 180 valence electrons. The van der Waals surface area contributed by atoms with Gasteiger partial charge in [-0.05, 0) is 50.4 Å². The van der Waals surface area contributed by atoms with Crippen molar-refractivity contribution < 1.29 is 14.7 Å². The van der Waals surface area contributed by atoms with Gasteiger partial charge < -0.3 is 16.2 Å². The Kier molecular flexibility index (Phi) is 5.61. The van der Waals surface area contributed by atoms with E-state index < -0.39 is 28.5 Å². The van der Waals surface area contributed by atoms with Crippen LogP contribution in [-0.2, 0) is 11.3 Å². The highest BCUT2D eigenvalue weighted by Crippen LogP contribution is 2.59. The number of nitrogens with two attached hydrogens (primary N) is 1. The largest absolute Gasteiger partial charge is 0.494 e. The minimum Gasteiger partial charge on any atom is -0.494 e. The Morgan fingerprint density at radius 1 is 1.18 bits per heavy atom. The summed E-state index contributed by atoms with van der Waals surface area (Å²) >= 11 is 0. The number of nitrogens with zero attached hydrogens (tertiary/aromatic N) is 3. The third-order valence-electron chi connectivity index (χ3n) is 7.70. The summed E-state index contributed by atoms with van der Waals surface area (Å²) < 4.78 is 2.30. The third kappa shape index (κ3) is 3.53. The van der Waals surface area contributed by atoms with Crippen molar-refractivity contribution in [1.29, 1.82) is 5.41 Å². The summed E-state index contributed by atoms with van der Waals surface area (Å²) in [5.41, 5.74) is 3.02. The summed E-state index contributed by atoms with van der Waals surface area (Å²) in [5, 5.41) is 21.1. The van der Waals surface area contributed by atoms with Crippen LogP contribution in [0.15, 0.2) is 9.59 Å². The number of carbonyl (C=O) groups is 2. The second-order valence-corrected chi connectivity index (χ2v) is 9.89. The van der Waals surface area contributed by atoms with E-state index in [1.165, 1.54) is 7.05 Å². The number of hydrogen-bond donors (Lipinski definition) is 4. The van der Waals surface area contributed by atoms with Gasteiger partial charge in [0.1, 0.15) is 16.9 Å². The molecule has 1 aliphatic heterocycles. The Bertz CT molecular complexity index is 1120. The molecule has 0 atom stereocenters. The summed E-state index contributed by atoms with van der Waals surface area (Å²) in [6.45, 7) is 2.27. The van der Waals surface area contributed by atoms with Crippen LogP contribution in [0.2, 0.25) is 0 Å². The molecule has 2 aliphatic carbocycles. The number of hydrogen-bond acceptors (Lipinski definition) is 6. The van der Waals surface area contributed by atoms with Crippen LogP contribution in [-0.4, -0.2) is 49.5 Å². The highest BCUT2D eigenvalue weighted by Gasteiger charge is 2.64. The zero-order valence-corrected chi connectivity index (χ0v) is 19.1. The Balaban J connectivity index is 1.57. The number of urea groups is 1. The van der Waals surface area contributed by atoms with Crippen LogP contribution in [0.1, 0.15) is 76.3 Å². The van der Waals surface area contributed by atoms with Gasteiger partial charge in [0.25, 0.3) is 11.5 Å². The molecule has 3 aliphatic rings. The third-order valence-corrected chi connectivity index (χ3v) is 7.70. The Morgan fingerprint density at radius 3 is 2.33 bits per heavy atom. The first kappa shape index (κ1) is 23.1. The molecule has 3 fully saturated rings. The summed E-state index contributed by atoms with van der Waals surface area (Å²) in [4.78, 5) is 51.8. The van der Waals surface area contributed by atoms with E-state index in [-0.39, 0.29) is 35.5 Å². The number of imide groups is 1. The van der Waals surface area contributed by atoms with Crippen molar-refractivity contribution in [3.63, 3.8) is 0 Å². The maximum Gasteiger partial charge on any atom is 0.334 e. The molecule has 11 heteroatoms. The van der Waals surface area contributed by atoms with E-state index in [9.17, 15) is 24.3 Å². The highest BCUT2D eigenvalue weighted by molar-refractivity contribution is 6.07. The first-order chi connectivity index (χ1) is 15.6. The van der Waals surface area contributed by atoms with Crippen LogP contribution in [0.5, 0.6) is 5.88 Å². The van der Waals surface area contributed by atoms with Gasteiger partial charge in [0.2, 0.25) is 5.88 Å². The van der Waals surface area contributed by atoms with Gasteiger partial charge in [-0.2, -0.15) is 0 Å². The molecular formula is C22H32N6O5. The van der Waals surface area contributed by atoms with Crippen LogP contribution >= 0.6 is 0 Å². The minimum atomic E-state index is -0.818. The average Bonchev–Trinajstić information content (AvgIpc) is 2.95. The van der Waals surface area contributed by atoms with Crippen LogP contribution in [0.4, 0.5) is 4.79 Å². The topological polar surface area (TPSA) is 164 Å². The minimum absolute atomic E-state index is 0.102. The van der Waals surface area contributed by atoms with E-state index in [1.807, 2.05) is 6.92 Å². The number of unbranched alkanes of at least 4 members (excludes halogenated alkanes) is 2. The van der Waals surface area contributed by atoms with Crippen molar-refractivity contribution >= 4 is 17.8 Å². The Labute approximate surface area is 191 Å². The van der Waals surface area contributed by atoms with Gasteiger partial charge in [-0.15, -0.1) is 0 Å². The molecule has 2 heterocycles. The van der Waals surface area contributed by atoms with E-state index in [0.717, 1.165) is 26.9 Å². The first-order valence-electron chi connectivity index (χ1n) is 11.6. The normalized spacial score (nSPS) is 28.9. The van der Waals surface area contributed by atoms with Crippen molar-refractivity contribution in [2.24, 2.45) is 11.1 Å². The van der Waals surface area contributed by atoms with Crippen LogP contribution in [0.3, 0.4) is 0 Å². The van der Waals surface area contributed by atoms with Gasteiger partial charge in [-0.3, -0.25) is 29.0 Å². The SMILES string of the molecule is CCCCCn1c(O)c(C(=N)N)c(=O)n(C2CCC3(CC2)CC2(C3)NC(=O)N(C)C2=O)c1=O. The van der Waals surface area contributed by atoms with Crippen LogP contribution in [0, 0.1) is 10.8 Å². The van der Waals surface area contributed by atoms with Crippen molar-refractivity contribution in [1.82, 2.24) is 19.4 Å². The summed E-state index contributed by atoms with van der Waals surface area (Å²) in [6, 6.07) is -0.751. The lowest BCUT2D eigenvalue weighted by molar-refractivity contribution is -0.141. The number of nitrogen functional groups attached to an aromatic ring is 1. The van der Waals surface area contributed by atoms with Gasteiger partial charge in [0, 0.05) is 19.6 Å². The van der Waals surface area contributed by atoms with Crippen molar-refractivity contribution in [3.8, 4) is 5.88 Å². The number of aromatic nitrogens is 2. The predicted octanol–water partition coefficient (Wildman–Crippen LogP) is 1.01. The fourth-order valence-electron chi connectivity index (χ4n) is 5.99. The number of carbonyl (C=O) groups excluding carboxylic acids is 2. The highest BCUT2D eigenvalue weighted by atomic mass is 16.3. The van der Waals surface area contributed by atoms with E-state index in [2.05, 4.69) is 5.32 Å². The van der Waals surface area contributed by atoms with Gasteiger partial charge >= 0.3 is 11.7 Å². The van der Waals surface area contributed by atoms with Gasteiger partial charge in [-0.1, -0.05) is 19.8 Å². The van der Waals surface area contributed by atoms with E-state index in [1.54, 1.807) is 0 Å². The molecule has 0 bridgehead atoms. The maximum atomic E-state index is 13.2. The number of aromatic hydroxyl groups is 1. The Hall–Kier alpha value is -3.11. The first-order valence-corrected chi connectivity index (χ1v) is 11.6. The molecule has 0 radical (unpaired) electrons. The van der Waals surface area contributed by atoms with Gasteiger partial charge in [0.15, 0.2) is 0 Å². The molecule has 2 spiro atoms. The lowest BCUT2D eigenvalue weighted by Gasteiger charge is -2.55. The number of amidine groups is 1. The molecule has 11 nitrogen and oxygen atoms in total.